The molecule has 0 saturated heterocycles. The van der Waals surface area contributed by atoms with E-state index in [4.69, 9.17) is 17.3 Å². The van der Waals surface area contributed by atoms with Crippen molar-refractivity contribution in [1.29, 1.82) is 0 Å². The Morgan fingerprint density at radius 2 is 2.07 bits per heavy atom. The average molecular weight is 214 g/mol. The number of rotatable bonds is 3. The van der Waals surface area contributed by atoms with Crippen LogP contribution < -0.4 is 5.73 Å². The van der Waals surface area contributed by atoms with Crippen molar-refractivity contribution in [2.45, 2.75) is 26.4 Å². The lowest BCUT2D eigenvalue weighted by atomic mass is 9.98. The fourth-order valence-corrected chi connectivity index (χ4v) is 1.60. The summed E-state index contributed by atoms with van der Waals surface area (Å²) in [6, 6.07) is 5.20. The van der Waals surface area contributed by atoms with E-state index in [1.807, 2.05) is 0 Å². The lowest BCUT2D eigenvalue weighted by molar-refractivity contribution is 0.152. The maximum absolute atomic E-state index is 9.84. The molecule has 2 nitrogen and oxygen atoms in total. The molecule has 0 aliphatic heterocycles. The molecule has 0 spiro atoms. The summed E-state index contributed by atoms with van der Waals surface area (Å²) < 4.78 is 0. The van der Waals surface area contributed by atoms with Crippen LogP contribution in [0.15, 0.2) is 18.2 Å². The Balaban J connectivity index is 2.84. The number of nitrogen functional groups attached to an aromatic ring is 1. The third-order valence-corrected chi connectivity index (χ3v) is 2.34. The molecule has 1 aromatic rings. The van der Waals surface area contributed by atoms with E-state index in [0.29, 0.717) is 23.0 Å². The largest absolute Gasteiger partial charge is 0.398 e. The highest BCUT2D eigenvalue weighted by atomic mass is 35.5. The van der Waals surface area contributed by atoms with Crippen molar-refractivity contribution >= 4 is 17.3 Å². The molecule has 1 aromatic carbocycles. The molecule has 0 aliphatic rings. The monoisotopic (exact) mass is 213 g/mol. The minimum absolute atomic E-state index is 0.445. The highest BCUT2D eigenvalue weighted by molar-refractivity contribution is 6.30. The zero-order chi connectivity index (χ0) is 10.7. The van der Waals surface area contributed by atoms with Crippen molar-refractivity contribution in [2.24, 2.45) is 5.92 Å². The SMILES string of the molecule is CC(C)CC(O)c1ccc(Cl)cc1N. The van der Waals surface area contributed by atoms with Gasteiger partial charge in [0.1, 0.15) is 0 Å². The number of benzene rings is 1. The summed E-state index contributed by atoms with van der Waals surface area (Å²) >= 11 is 5.77. The lowest BCUT2D eigenvalue weighted by Crippen LogP contribution is -2.05. The Bertz CT molecular complexity index is 312. The minimum atomic E-state index is -0.493. The van der Waals surface area contributed by atoms with Gasteiger partial charge in [-0.05, 0) is 24.5 Å². The predicted molar refractivity (Wildman–Crippen MR) is 60.3 cm³/mol. The molecule has 0 fully saturated rings. The molecule has 0 radical (unpaired) electrons. The number of anilines is 1. The van der Waals surface area contributed by atoms with Gasteiger partial charge in [0.15, 0.2) is 0 Å². The maximum Gasteiger partial charge on any atom is 0.0812 e. The van der Waals surface area contributed by atoms with E-state index in [0.717, 1.165) is 5.56 Å². The van der Waals surface area contributed by atoms with Gasteiger partial charge in [0.25, 0.3) is 0 Å². The van der Waals surface area contributed by atoms with Crippen LogP contribution >= 0.6 is 11.6 Å². The van der Waals surface area contributed by atoms with E-state index < -0.39 is 6.10 Å². The molecule has 0 aromatic heterocycles. The van der Waals surface area contributed by atoms with Crippen LogP contribution in [0.1, 0.15) is 31.9 Å². The zero-order valence-corrected chi connectivity index (χ0v) is 9.25. The standard InChI is InChI=1S/C11H16ClNO/c1-7(2)5-11(14)9-4-3-8(12)6-10(9)13/h3-4,6-7,11,14H,5,13H2,1-2H3. The first-order chi connectivity index (χ1) is 6.50. The average Bonchev–Trinajstić information content (AvgIpc) is 2.01. The van der Waals surface area contributed by atoms with Gasteiger partial charge in [-0.15, -0.1) is 0 Å². The first kappa shape index (κ1) is 11.3. The van der Waals surface area contributed by atoms with E-state index >= 15 is 0 Å². The summed E-state index contributed by atoms with van der Waals surface area (Å²) in [6.07, 6.45) is 0.221. The Kier molecular flexibility index (Phi) is 3.78. The Hall–Kier alpha value is -0.730. The second-order valence-corrected chi connectivity index (χ2v) is 4.36. The van der Waals surface area contributed by atoms with Crippen molar-refractivity contribution in [2.75, 3.05) is 5.73 Å². The first-order valence-electron chi connectivity index (χ1n) is 4.73. The van der Waals surface area contributed by atoms with E-state index in [1.165, 1.54) is 0 Å². The molecular formula is C11H16ClNO. The summed E-state index contributed by atoms with van der Waals surface area (Å²) in [5, 5.41) is 10.4. The zero-order valence-electron chi connectivity index (χ0n) is 8.50. The Morgan fingerprint density at radius 3 is 2.57 bits per heavy atom. The second kappa shape index (κ2) is 4.67. The highest BCUT2D eigenvalue weighted by Gasteiger charge is 2.12. The molecule has 1 rings (SSSR count). The van der Waals surface area contributed by atoms with Crippen LogP contribution in [0.5, 0.6) is 0 Å². The number of aliphatic hydroxyl groups excluding tert-OH is 1. The molecule has 3 N–H and O–H groups in total. The van der Waals surface area contributed by atoms with Crippen LogP contribution in [0.3, 0.4) is 0 Å². The molecule has 0 aliphatic carbocycles. The fourth-order valence-electron chi connectivity index (χ4n) is 1.42. The van der Waals surface area contributed by atoms with Gasteiger partial charge in [0.05, 0.1) is 6.10 Å². The van der Waals surface area contributed by atoms with Gasteiger partial charge < -0.3 is 10.8 Å². The van der Waals surface area contributed by atoms with E-state index in [-0.39, 0.29) is 0 Å². The van der Waals surface area contributed by atoms with Crippen LogP contribution in [0.4, 0.5) is 5.69 Å². The molecule has 3 heteroatoms. The van der Waals surface area contributed by atoms with Gasteiger partial charge in [0, 0.05) is 16.3 Å². The van der Waals surface area contributed by atoms with Gasteiger partial charge in [-0.25, -0.2) is 0 Å². The van der Waals surface area contributed by atoms with Gasteiger partial charge in [-0.2, -0.15) is 0 Å². The topological polar surface area (TPSA) is 46.2 Å². The number of hydrogen-bond acceptors (Lipinski definition) is 2. The minimum Gasteiger partial charge on any atom is -0.398 e. The first-order valence-corrected chi connectivity index (χ1v) is 5.11. The summed E-state index contributed by atoms with van der Waals surface area (Å²) in [5.74, 6) is 0.445. The van der Waals surface area contributed by atoms with Crippen LogP contribution in [0, 0.1) is 5.92 Å². The Morgan fingerprint density at radius 1 is 1.43 bits per heavy atom. The van der Waals surface area contributed by atoms with Gasteiger partial charge in [-0.3, -0.25) is 0 Å². The lowest BCUT2D eigenvalue weighted by Gasteiger charge is -2.15. The van der Waals surface area contributed by atoms with Crippen molar-refractivity contribution in [1.82, 2.24) is 0 Å². The van der Waals surface area contributed by atoms with Gasteiger partial charge >= 0.3 is 0 Å². The highest BCUT2D eigenvalue weighted by Crippen LogP contribution is 2.27. The van der Waals surface area contributed by atoms with Crippen molar-refractivity contribution < 1.29 is 5.11 Å². The fraction of sp³-hybridized carbons (Fsp3) is 0.455. The van der Waals surface area contributed by atoms with E-state index in [9.17, 15) is 5.11 Å². The number of hydrogen-bond donors (Lipinski definition) is 2. The summed E-state index contributed by atoms with van der Waals surface area (Å²) in [4.78, 5) is 0. The smallest absolute Gasteiger partial charge is 0.0812 e. The van der Waals surface area contributed by atoms with Crippen molar-refractivity contribution in [3.05, 3.63) is 28.8 Å². The van der Waals surface area contributed by atoms with Crippen LogP contribution in [-0.4, -0.2) is 5.11 Å². The molecular weight excluding hydrogens is 198 g/mol. The molecule has 1 atom stereocenters. The number of halogens is 1. The van der Waals surface area contributed by atoms with Crippen molar-refractivity contribution in [3.63, 3.8) is 0 Å². The van der Waals surface area contributed by atoms with Gasteiger partial charge in [-0.1, -0.05) is 31.5 Å². The molecule has 1 unspecified atom stereocenters. The molecule has 0 bridgehead atoms. The molecule has 0 amide bonds. The van der Waals surface area contributed by atoms with Crippen LogP contribution in [-0.2, 0) is 0 Å². The van der Waals surface area contributed by atoms with Crippen LogP contribution in [0.25, 0.3) is 0 Å². The molecule has 0 saturated carbocycles. The van der Waals surface area contributed by atoms with Crippen LogP contribution in [0.2, 0.25) is 5.02 Å². The molecule has 14 heavy (non-hydrogen) atoms. The molecule has 78 valence electrons. The summed E-state index contributed by atoms with van der Waals surface area (Å²) in [5.41, 5.74) is 7.08. The predicted octanol–water partition coefficient (Wildman–Crippen LogP) is 3.00. The van der Waals surface area contributed by atoms with Gasteiger partial charge in [0.2, 0.25) is 0 Å². The quantitative estimate of drug-likeness (QED) is 0.759. The maximum atomic E-state index is 9.84. The van der Waals surface area contributed by atoms with Crippen molar-refractivity contribution in [3.8, 4) is 0 Å². The summed E-state index contributed by atoms with van der Waals surface area (Å²) in [7, 11) is 0. The Labute approximate surface area is 89.7 Å². The second-order valence-electron chi connectivity index (χ2n) is 3.92. The van der Waals surface area contributed by atoms with E-state index in [2.05, 4.69) is 13.8 Å². The third-order valence-electron chi connectivity index (χ3n) is 2.10. The normalized spacial score (nSPS) is 13.2. The molecule has 0 heterocycles. The number of nitrogens with two attached hydrogens (primary N) is 1. The van der Waals surface area contributed by atoms with E-state index in [1.54, 1.807) is 18.2 Å². The number of aliphatic hydroxyl groups is 1. The summed E-state index contributed by atoms with van der Waals surface area (Å²) in [6.45, 7) is 4.13. The third kappa shape index (κ3) is 2.89.